The van der Waals surface area contributed by atoms with Gasteiger partial charge in [-0.3, -0.25) is 4.79 Å². The Labute approximate surface area is 130 Å². The Kier molecular flexibility index (Phi) is 4.52. The number of hydrogen-bond acceptors (Lipinski definition) is 2. The fraction of sp³-hybridized carbons (Fsp3) is 0.316. The highest BCUT2D eigenvalue weighted by molar-refractivity contribution is 5.83. The van der Waals surface area contributed by atoms with Gasteiger partial charge < -0.3 is 5.32 Å². The van der Waals surface area contributed by atoms with Gasteiger partial charge in [-0.05, 0) is 42.7 Å². The Hall–Kier alpha value is -2.16. The second-order valence-corrected chi connectivity index (χ2v) is 5.86. The third kappa shape index (κ3) is 3.35. The summed E-state index contributed by atoms with van der Waals surface area (Å²) in [6.45, 7) is 0. The smallest absolute Gasteiger partial charge is 0.138 e. The number of Topliss-reactive ketones (excluding diaryl/α,β-unsaturated/α-hetero) is 1. The minimum Gasteiger partial charge on any atom is -0.378 e. The molecule has 1 fully saturated rings. The lowest BCUT2D eigenvalue weighted by atomic mass is 9.80. The molecule has 22 heavy (non-hydrogen) atoms. The number of halogens is 1. The van der Waals surface area contributed by atoms with Crippen molar-refractivity contribution in [2.45, 2.75) is 31.7 Å². The molecule has 1 N–H and O–H groups in total. The molecule has 114 valence electrons. The summed E-state index contributed by atoms with van der Waals surface area (Å²) in [5.41, 5.74) is 1.79. The van der Waals surface area contributed by atoms with E-state index in [1.165, 1.54) is 12.1 Å². The zero-order valence-electron chi connectivity index (χ0n) is 12.5. The van der Waals surface area contributed by atoms with E-state index in [2.05, 4.69) is 5.32 Å². The van der Waals surface area contributed by atoms with Crippen LogP contribution in [-0.4, -0.2) is 5.78 Å². The summed E-state index contributed by atoms with van der Waals surface area (Å²) >= 11 is 0. The summed E-state index contributed by atoms with van der Waals surface area (Å²) in [6.07, 6.45) is 3.52. The van der Waals surface area contributed by atoms with Gasteiger partial charge in [0.25, 0.3) is 0 Å². The van der Waals surface area contributed by atoms with Gasteiger partial charge in [0.05, 0.1) is 6.04 Å². The van der Waals surface area contributed by atoms with Gasteiger partial charge in [-0.2, -0.15) is 0 Å². The average molecular weight is 297 g/mol. The van der Waals surface area contributed by atoms with Crippen molar-refractivity contribution in [3.8, 4) is 0 Å². The molecule has 0 bridgehead atoms. The van der Waals surface area contributed by atoms with E-state index in [-0.39, 0.29) is 23.6 Å². The van der Waals surface area contributed by atoms with Gasteiger partial charge in [-0.15, -0.1) is 0 Å². The first-order valence-electron chi connectivity index (χ1n) is 7.84. The molecule has 1 aliphatic carbocycles. The molecule has 0 saturated heterocycles. The number of hydrogen-bond donors (Lipinski definition) is 1. The van der Waals surface area contributed by atoms with Crippen molar-refractivity contribution in [3.05, 3.63) is 66.0 Å². The number of para-hydroxylation sites is 1. The lowest BCUT2D eigenvalue weighted by Gasteiger charge is -2.31. The van der Waals surface area contributed by atoms with E-state index in [1.54, 1.807) is 6.07 Å². The van der Waals surface area contributed by atoms with Gasteiger partial charge in [0, 0.05) is 18.0 Å². The van der Waals surface area contributed by atoms with Crippen LogP contribution in [0.4, 0.5) is 10.1 Å². The molecule has 2 atom stereocenters. The van der Waals surface area contributed by atoms with Crippen LogP contribution in [-0.2, 0) is 4.79 Å². The van der Waals surface area contributed by atoms with Crippen molar-refractivity contribution >= 4 is 11.5 Å². The average Bonchev–Trinajstić information content (AvgIpc) is 2.54. The standard InChI is InChI=1S/C19H20FNO/c20-15-8-6-7-14(13-15)19(17-11-4-5-12-18(17)22)21-16-9-2-1-3-10-16/h1-3,6-10,13,17,19,21H,4-5,11-12H2/t17?,19-/m1/s1. The summed E-state index contributed by atoms with van der Waals surface area (Å²) in [5, 5.41) is 3.44. The molecule has 0 radical (unpaired) electrons. The van der Waals surface area contributed by atoms with Crippen LogP contribution in [0.1, 0.15) is 37.3 Å². The molecule has 1 unspecified atom stereocenters. The fourth-order valence-corrected chi connectivity index (χ4v) is 3.19. The SMILES string of the molecule is O=C1CCCCC1[C@H](Nc1ccccc1)c1cccc(F)c1. The minimum absolute atomic E-state index is 0.0873. The van der Waals surface area contributed by atoms with E-state index in [1.807, 2.05) is 36.4 Å². The van der Waals surface area contributed by atoms with E-state index in [4.69, 9.17) is 0 Å². The third-order valence-electron chi connectivity index (χ3n) is 4.31. The molecule has 2 nitrogen and oxygen atoms in total. The summed E-state index contributed by atoms with van der Waals surface area (Å²) in [6, 6.07) is 16.2. The lowest BCUT2D eigenvalue weighted by molar-refractivity contribution is -0.125. The quantitative estimate of drug-likeness (QED) is 0.883. The van der Waals surface area contributed by atoms with Gasteiger partial charge in [0.2, 0.25) is 0 Å². The van der Waals surface area contributed by atoms with Crippen molar-refractivity contribution in [1.29, 1.82) is 0 Å². The Morgan fingerprint density at radius 3 is 2.59 bits per heavy atom. The predicted octanol–water partition coefficient (Wildman–Crippen LogP) is 4.74. The fourth-order valence-electron chi connectivity index (χ4n) is 3.19. The van der Waals surface area contributed by atoms with E-state index in [0.29, 0.717) is 6.42 Å². The van der Waals surface area contributed by atoms with Gasteiger partial charge >= 0.3 is 0 Å². The summed E-state index contributed by atoms with van der Waals surface area (Å²) in [5.74, 6) is -0.0691. The van der Waals surface area contributed by atoms with Crippen LogP contribution < -0.4 is 5.32 Å². The van der Waals surface area contributed by atoms with Crippen molar-refractivity contribution in [3.63, 3.8) is 0 Å². The summed E-state index contributed by atoms with van der Waals surface area (Å²) in [4.78, 5) is 12.4. The van der Waals surface area contributed by atoms with E-state index >= 15 is 0 Å². The van der Waals surface area contributed by atoms with Crippen molar-refractivity contribution in [2.24, 2.45) is 5.92 Å². The molecule has 3 rings (SSSR count). The monoisotopic (exact) mass is 297 g/mol. The van der Waals surface area contributed by atoms with Crippen LogP contribution in [0, 0.1) is 11.7 Å². The van der Waals surface area contributed by atoms with Gasteiger partial charge in [-0.25, -0.2) is 4.39 Å². The molecule has 0 heterocycles. The van der Waals surface area contributed by atoms with Crippen LogP contribution in [0.3, 0.4) is 0 Å². The molecule has 3 heteroatoms. The highest BCUT2D eigenvalue weighted by atomic mass is 19.1. The highest BCUT2D eigenvalue weighted by Crippen LogP contribution is 2.35. The second-order valence-electron chi connectivity index (χ2n) is 5.86. The van der Waals surface area contributed by atoms with Crippen molar-refractivity contribution in [1.82, 2.24) is 0 Å². The Balaban J connectivity index is 1.92. The van der Waals surface area contributed by atoms with Crippen LogP contribution in [0.2, 0.25) is 0 Å². The van der Waals surface area contributed by atoms with Gasteiger partial charge in [-0.1, -0.05) is 36.8 Å². The highest BCUT2D eigenvalue weighted by Gasteiger charge is 2.31. The first-order chi connectivity index (χ1) is 10.7. The van der Waals surface area contributed by atoms with E-state index in [0.717, 1.165) is 30.5 Å². The van der Waals surface area contributed by atoms with E-state index in [9.17, 15) is 9.18 Å². The Morgan fingerprint density at radius 1 is 1.05 bits per heavy atom. The Bertz CT molecular complexity index is 641. The molecule has 0 amide bonds. The number of rotatable bonds is 4. The third-order valence-corrected chi connectivity index (χ3v) is 4.31. The molecule has 2 aromatic carbocycles. The largest absolute Gasteiger partial charge is 0.378 e. The zero-order valence-corrected chi connectivity index (χ0v) is 12.5. The lowest BCUT2D eigenvalue weighted by Crippen LogP contribution is -2.30. The second kappa shape index (κ2) is 6.73. The molecular formula is C19H20FNO. The molecular weight excluding hydrogens is 277 g/mol. The molecule has 0 aliphatic heterocycles. The molecule has 1 saturated carbocycles. The molecule has 1 aliphatic rings. The van der Waals surface area contributed by atoms with Crippen molar-refractivity contribution in [2.75, 3.05) is 5.32 Å². The van der Waals surface area contributed by atoms with Gasteiger partial charge in [0.15, 0.2) is 0 Å². The number of carbonyl (C=O) groups is 1. The molecule has 2 aromatic rings. The first-order valence-corrected chi connectivity index (χ1v) is 7.84. The topological polar surface area (TPSA) is 29.1 Å². The Morgan fingerprint density at radius 2 is 1.86 bits per heavy atom. The molecule has 0 spiro atoms. The van der Waals surface area contributed by atoms with Crippen LogP contribution in [0.25, 0.3) is 0 Å². The maximum Gasteiger partial charge on any atom is 0.138 e. The number of anilines is 1. The maximum absolute atomic E-state index is 13.6. The number of nitrogens with one attached hydrogen (secondary N) is 1. The van der Waals surface area contributed by atoms with Crippen molar-refractivity contribution < 1.29 is 9.18 Å². The zero-order chi connectivity index (χ0) is 15.4. The maximum atomic E-state index is 13.6. The number of benzene rings is 2. The number of carbonyl (C=O) groups excluding carboxylic acids is 1. The minimum atomic E-state index is -0.263. The van der Waals surface area contributed by atoms with Crippen LogP contribution >= 0.6 is 0 Å². The first kappa shape index (κ1) is 14.8. The van der Waals surface area contributed by atoms with Crippen LogP contribution in [0.5, 0.6) is 0 Å². The molecule has 0 aromatic heterocycles. The summed E-state index contributed by atoms with van der Waals surface area (Å²) < 4.78 is 13.6. The predicted molar refractivity (Wildman–Crippen MR) is 86.2 cm³/mol. The normalized spacial score (nSPS) is 19.7. The summed E-state index contributed by atoms with van der Waals surface area (Å²) in [7, 11) is 0. The van der Waals surface area contributed by atoms with Gasteiger partial charge in [0.1, 0.15) is 11.6 Å². The van der Waals surface area contributed by atoms with Crippen LogP contribution in [0.15, 0.2) is 54.6 Å². The number of ketones is 1. The van der Waals surface area contributed by atoms with E-state index < -0.39 is 0 Å².